The van der Waals surface area contributed by atoms with Gasteiger partial charge in [-0.15, -0.1) is 0 Å². The summed E-state index contributed by atoms with van der Waals surface area (Å²) in [6.45, 7) is 8.00. The van der Waals surface area contributed by atoms with Crippen molar-refractivity contribution < 1.29 is 23.9 Å². The quantitative estimate of drug-likeness (QED) is 0.438. The number of phenols is 1. The van der Waals surface area contributed by atoms with E-state index in [1.807, 2.05) is 58.0 Å². The fraction of sp³-hybridized carbons (Fsp3) is 0.308. The lowest BCUT2D eigenvalue weighted by Gasteiger charge is -2.32. The predicted octanol–water partition coefficient (Wildman–Crippen LogP) is 5.54. The average Bonchev–Trinajstić information content (AvgIpc) is 3.05. The standard InChI is InChI=1S/C26H28BClN2O5/c1-25(2)26(3,4)35-27(34-25)19(15-30-24(32)33-16-17-9-6-5-7-10-17)13-18-14-21(28)20-11-8-12-29-22(20)23(18)31/h5-14,31H,15-16H2,1-4H3,(H,30,32). The first-order valence-corrected chi connectivity index (χ1v) is 11.7. The summed E-state index contributed by atoms with van der Waals surface area (Å²) in [6.07, 6.45) is 2.71. The van der Waals surface area contributed by atoms with E-state index in [0.29, 0.717) is 27.0 Å². The van der Waals surface area contributed by atoms with Gasteiger partial charge in [0.2, 0.25) is 0 Å². The van der Waals surface area contributed by atoms with Gasteiger partial charge in [-0.3, -0.25) is 4.98 Å². The molecular weight excluding hydrogens is 467 g/mol. The molecule has 1 aromatic heterocycles. The van der Waals surface area contributed by atoms with E-state index >= 15 is 0 Å². The third-order valence-electron chi connectivity index (χ3n) is 6.39. The Labute approximate surface area is 210 Å². The summed E-state index contributed by atoms with van der Waals surface area (Å²) in [5, 5.41) is 14.7. The number of hydrogen-bond donors (Lipinski definition) is 2. The Hall–Kier alpha value is -3.07. The summed E-state index contributed by atoms with van der Waals surface area (Å²) >= 11 is 6.46. The second-order valence-corrected chi connectivity index (χ2v) is 9.83. The molecule has 4 rings (SSSR count). The van der Waals surface area contributed by atoms with Crippen molar-refractivity contribution in [1.29, 1.82) is 0 Å². The van der Waals surface area contributed by atoms with Crippen LogP contribution < -0.4 is 5.32 Å². The first kappa shape index (κ1) is 25.0. The molecule has 35 heavy (non-hydrogen) atoms. The van der Waals surface area contributed by atoms with Crippen molar-refractivity contribution in [2.24, 2.45) is 0 Å². The van der Waals surface area contributed by atoms with Crippen molar-refractivity contribution in [3.8, 4) is 5.75 Å². The minimum Gasteiger partial charge on any atom is -0.505 e. The van der Waals surface area contributed by atoms with E-state index in [-0.39, 0.29) is 18.9 Å². The Bertz CT molecular complexity index is 1250. The molecule has 1 aliphatic heterocycles. The number of carbonyl (C=O) groups is 1. The third-order valence-corrected chi connectivity index (χ3v) is 6.70. The number of phenolic OH excluding ortho intramolecular Hbond substituents is 1. The number of nitrogens with zero attached hydrogens (tertiary/aromatic N) is 1. The van der Waals surface area contributed by atoms with E-state index in [2.05, 4.69) is 10.3 Å². The SMILES string of the molecule is CC1(C)OB(C(=Cc2cc(Cl)c3cccnc3c2O)CNC(=O)OCc2ccccc2)OC1(C)C. The smallest absolute Gasteiger partial charge is 0.492 e. The van der Waals surface area contributed by atoms with Crippen LogP contribution in [0.3, 0.4) is 0 Å². The van der Waals surface area contributed by atoms with Crippen molar-refractivity contribution in [2.45, 2.75) is 45.5 Å². The molecule has 1 fully saturated rings. The number of alkyl carbamates (subject to hydrolysis) is 1. The average molecular weight is 495 g/mol. The zero-order chi connectivity index (χ0) is 25.2. The fourth-order valence-corrected chi connectivity index (χ4v) is 3.93. The van der Waals surface area contributed by atoms with Crippen LogP contribution >= 0.6 is 11.6 Å². The second-order valence-electron chi connectivity index (χ2n) is 9.42. The van der Waals surface area contributed by atoms with Crippen molar-refractivity contribution >= 4 is 41.8 Å². The molecule has 0 unspecified atom stereocenters. The molecule has 1 aliphatic rings. The molecule has 0 saturated carbocycles. The number of pyridine rings is 1. The number of fused-ring (bicyclic) bond motifs is 1. The summed E-state index contributed by atoms with van der Waals surface area (Å²) in [4.78, 5) is 16.7. The lowest BCUT2D eigenvalue weighted by Crippen LogP contribution is -2.41. The Morgan fingerprint density at radius 1 is 1.14 bits per heavy atom. The molecule has 182 valence electrons. The van der Waals surface area contributed by atoms with Crippen LogP contribution in [-0.2, 0) is 20.7 Å². The van der Waals surface area contributed by atoms with E-state index in [1.165, 1.54) is 0 Å². The minimum atomic E-state index is -0.757. The number of aromatic hydroxyl groups is 1. The van der Waals surface area contributed by atoms with Crippen molar-refractivity contribution in [3.63, 3.8) is 0 Å². The lowest BCUT2D eigenvalue weighted by atomic mass is 9.77. The largest absolute Gasteiger partial charge is 0.505 e. The summed E-state index contributed by atoms with van der Waals surface area (Å²) in [5.41, 5.74) is 1.11. The van der Waals surface area contributed by atoms with Crippen LogP contribution in [0.15, 0.2) is 60.2 Å². The number of ether oxygens (including phenoxy) is 1. The number of carbonyl (C=O) groups excluding carboxylic acids is 1. The van der Waals surface area contributed by atoms with Gasteiger partial charge in [0.15, 0.2) is 0 Å². The van der Waals surface area contributed by atoms with Crippen molar-refractivity contribution in [3.05, 3.63) is 76.3 Å². The molecule has 0 spiro atoms. The van der Waals surface area contributed by atoms with Crippen LogP contribution in [0.2, 0.25) is 5.02 Å². The molecule has 0 bridgehead atoms. The Morgan fingerprint density at radius 3 is 2.51 bits per heavy atom. The molecule has 2 heterocycles. The zero-order valence-electron chi connectivity index (χ0n) is 20.2. The molecule has 2 N–H and O–H groups in total. The van der Waals surface area contributed by atoms with Crippen LogP contribution in [-0.4, -0.2) is 41.0 Å². The first-order chi connectivity index (χ1) is 16.6. The lowest BCUT2D eigenvalue weighted by molar-refractivity contribution is 0.00578. The normalized spacial score (nSPS) is 16.9. The highest BCUT2D eigenvalue weighted by Gasteiger charge is 2.52. The first-order valence-electron chi connectivity index (χ1n) is 11.3. The Balaban J connectivity index is 1.60. The molecular formula is C26H28BClN2O5. The highest BCUT2D eigenvalue weighted by Crippen LogP contribution is 2.40. The van der Waals surface area contributed by atoms with Crippen LogP contribution in [0.4, 0.5) is 4.79 Å². The van der Waals surface area contributed by atoms with Gasteiger partial charge in [-0.25, -0.2) is 4.79 Å². The number of rotatable bonds is 6. The summed E-state index contributed by atoms with van der Waals surface area (Å²) in [6, 6.07) is 14.6. The maximum Gasteiger partial charge on any atom is 0.492 e. The van der Waals surface area contributed by atoms with Gasteiger partial charge < -0.3 is 24.5 Å². The monoisotopic (exact) mass is 494 g/mol. The van der Waals surface area contributed by atoms with Gasteiger partial charge in [0, 0.05) is 23.7 Å². The molecule has 1 saturated heterocycles. The molecule has 0 radical (unpaired) electrons. The molecule has 0 aliphatic carbocycles. The fourth-order valence-electron chi connectivity index (χ4n) is 3.66. The van der Waals surface area contributed by atoms with E-state index in [4.69, 9.17) is 25.6 Å². The second kappa shape index (κ2) is 9.89. The molecule has 1 amide bonds. The molecule has 2 aromatic carbocycles. The van der Waals surface area contributed by atoms with E-state index < -0.39 is 24.4 Å². The van der Waals surface area contributed by atoms with Gasteiger partial charge >= 0.3 is 13.2 Å². The number of hydrogen-bond acceptors (Lipinski definition) is 6. The van der Waals surface area contributed by atoms with Crippen molar-refractivity contribution in [2.75, 3.05) is 6.54 Å². The van der Waals surface area contributed by atoms with Gasteiger partial charge in [0.05, 0.1) is 16.2 Å². The van der Waals surface area contributed by atoms with Gasteiger partial charge in [-0.05, 0) is 56.9 Å². The Morgan fingerprint density at radius 2 is 1.83 bits per heavy atom. The van der Waals surface area contributed by atoms with Crippen LogP contribution in [0.1, 0.15) is 38.8 Å². The number of benzene rings is 2. The molecule has 0 atom stereocenters. The highest BCUT2D eigenvalue weighted by atomic mass is 35.5. The van der Waals surface area contributed by atoms with Crippen LogP contribution in [0.5, 0.6) is 5.75 Å². The zero-order valence-corrected chi connectivity index (χ0v) is 20.9. The van der Waals surface area contributed by atoms with E-state index in [9.17, 15) is 9.90 Å². The predicted molar refractivity (Wildman–Crippen MR) is 137 cm³/mol. The van der Waals surface area contributed by atoms with Crippen LogP contribution in [0, 0.1) is 0 Å². The van der Waals surface area contributed by atoms with Gasteiger partial charge in [-0.2, -0.15) is 0 Å². The number of nitrogens with one attached hydrogen (secondary N) is 1. The van der Waals surface area contributed by atoms with E-state index in [0.717, 1.165) is 5.56 Å². The molecule has 9 heteroatoms. The topological polar surface area (TPSA) is 89.9 Å². The number of aromatic nitrogens is 1. The van der Waals surface area contributed by atoms with Gasteiger partial charge in [-0.1, -0.05) is 48.0 Å². The van der Waals surface area contributed by atoms with Crippen LogP contribution in [0.25, 0.3) is 17.0 Å². The van der Waals surface area contributed by atoms with Gasteiger partial charge in [0.25, 0.3) is 0 Å². The number of halogens is 1. The highest BCUT2D eigenvalue weighted by molar-refractivity contribution is 6.56. The maximum absolute atomic E-state index is 12.4. The minimum absolute atomic E-state index is 0.0225. The summed E-state index contributed by atoms with van der Waals surface area (Å²) < 4.78 is 17.7. The molecule has 7 nitrogen and oxygen atoms in total. The summed E-state index contributed by atoms with van der Waals surface area (Å²) in [7, 11) is -0.757. The summed E-state index contributed by atoms with van der Waals surface area (Å²) in [5.74, 6) is -0.0225. The third kappa shape index (κ3) is 5.45. The van der Waals surface area contributed by atoms with E-state index in [1.54, 1.807) is 30.5 Å². The Kier molecular flexibility index (Phi) is 7.08. The van der Waals surface area contributed by atoms with Gasteiger partial charge in [0.1, 0.15) is 17.9 Å². The number of amides is 1. The van der Waals surface area contributed by atoms with Crippen molar-refractivity contribution in [1.82, 2.24) is 10.3 Å². The molecule has 3 aromatic rings. The maximum atomic E-state index is 12.4.